The third-order valence-electron chi connectivity index (χ3n) is 7.69. The van der Waals surface area contributed by atoms with E-state index >= 15 is 0 Å². The Morgan fingerprint density at radius 2 is 0.769 bits per heavy atom. The molecule has 0 unspecified atom stereocenters. The predicted molar refractivity (Wildman–Crippen MR) is 169 cm³/mol. The maximum absolute atomic E-state index is 13.9. The van der Waals surface area contributed by atoms with Gasteiger partial charge in [0.2, 0.25) is 0 Å². The first-order valence-electron chi connectivity index (χ1n) is 13.9. The normalized spacial score (nSPS) is 13.7. The summed E-state index contributed by atoms with van der Waals surface area (Å²) in [4.78, 5) is 0. The van der Waals surface area contributed by atoms with Gasteiger partial charge in [-0.3, -0.25) is 9.13 Å². The van der Waals surface area contributed by atoms with E-state index in [0.29, 0.717) is 5.30 Å². The van der Waals surface area contributed by atoms with Gasteiger partial charge in [0, 0.05) is 5.30 Å². The van der Waals surface area contributed by atoms with Crippen molar-refractivity contribution in [2.45, 2.75) is 110 Å². The van der Waals surface area contributed by atoms with Crippen molar-refractivity contribution in [3.8, 4) is 0 Å². The Bertz CT molecular complexity index is 1230. The second-order valence-corrected chi connectivity index (χ2v) is 16.5. The van der Waals surface area contributed by atoms with Crippen LogP contribution in [0.3, 0.4) is 0 Å². The molecule has 3 aromatic rings. The fourth-order valence-corrected chi connectivity index (χ4v) is 6.23. The van der Waals surface area contributed by atoms with Gasteiger partial charge in [-0.15, -0.1) is 0 Å². The van der Waals surface area contributed by atoms with Crippen LogP contribution in [0.15, 0.2) is 60.7 Å². The molecule has 0 bridgehead atoms. The monoisotopic (exact) mass is 560 g/mol. The molecular weight excluding hydrogens is 514 g/mol. The number of benzene rings is 3. The Balaban J connectivity index is 2.64. The summed E-state index contributed by atoms with van der Waals surface area (Å²) in [7, 11) is -0.157. The first kappa shape index (κ1) is 31.4. The molecule has 4 heteroatoms. The fraction of sp³-hybridized carbons (Fsp3) is 0.486. The molecule has 0 fully saturated rings. The highest BCUT2D eigenvalue weighted by Crippen LogP contribution is 2.51. The topological polar surface area (TPSA) is 34.1 Å². The lowest BCUT2D eigenvalue weighted by Crippen LogP contribution is -2.30. The van der Waals surface area contributed by atoms with Crippen molar-refractivity contribution in [2.24, 2.45) is 0 Å². The zero-order valence-corrected chi connectivity index (χ0v) is 27.8. The maximum Gasteiger partial charge on any atom is 0.192 e. The van der Waals surface area contributed by atoms with Crippen LogP contribution in [0, 0.1) is 0 Å². The minimum Gasteiger partial charge on any atom is -0.273 e. The second-order valence-electron chi connectivity index (χ2n) is 15.0. The molecule has 0 aliphatic rings. The quantitative estimate of drug-likeness (QED) is 0.230. The van der Waals surface area contributed by atoms with Crippen molar-refractivity contribution < 1.29 is 9.13 Å². The van der Waals surface area contributed by atoms with Crippen molar-refractivity contribution in [1.29, 1.82) is 0 Å². The van der Waals surface area contributed by atoms with Gasteiger partial charge in [0.05, 0.1) is 0 Å². The van der Waals surface area contributed by atoms with E-state index in [0.717, 1.165) is 16.7 Å². The zero-order valence-electron chi connectivity index (χ0n) is 26.0. The van der Waals surface area contributed by atoms with Gasteiger partial charge in [-0.2, -0.15) is 0 Å². The molecule has 0 aliphatic heterocycles. The first-order chi connectivity index (χ1) is 17.7. The number of rotatable bonds is 5. The summed E-state index contributed by atoms with van der Waals surface area (Å²) < 4.78 is 26.5. The minimum atomic E-state index is -1.05. The molecule has 0 saturated carbocycles. The molecule has 39 heavy (non-hydrogen) atoms. The number of hydrogen-bond donors (Lipinski definition) is 0. The molecule has 0 aliphatic carbocycles. The van der Waals surface area contributed by atoms with Gasteiger partial charge < -0.3 is 0 Å². The lowest BCUT2D eigenvalue weighted by molar-refractivity contribution is 0.559. The Hall–Kier alpha value is -2.14. The van der Waals surface area contributed by atoms with Gasteiger partial charge in [0.15, 0.2) is 16.9 Å². The van der Waals surface area contributed by atoms with Crippen LogP contribution < -0.4 is 5.30 Å². The largest absolute Gasteiger partial charge is 0.273 e. The molecule has 2 nitrogen and oxygen atoms in total. The summed E-state index contributed by atoms with van der Waals surface area (Å²) in [5.41, 5.74) is 7.05. The smallest absolute Gasteiger partial charge is 0.192 e. The summed E-state index contributed by atoms with van der Waals surface area (Å²) in [5.74, 6) is 0. The van der Waals surface area contributed by atoms with Crippen LogP contribution in [-0.2, 0) is 35.9 Å². The molecule has 0 amide bonds. The summed E-state index contributed by atoms with van der Waals surface area (Å²) >= 11 is 0. The molecular formula is C35H46O2P2. The average Bonchev–Trinajstić information content (AvgIpc) is 2.82. The molecule has 0 aromatic heterocycles. The van der Waals surface area contributed by atoms with E-state index in [9.17, 15) is 9.13 Å². The van der Waals surface area contributed by atoms with Crippen LogP contribution >= 0.6 is 16.9 Å². The lowest BCUT2D eigenvalue weighted by atomic mass is 9.73. The van der Waals surface area contributed by atoms with Crippen LogP contribution in [0.25, 0.3) is 0 Å². The van der Waals surface area contributed by atoms with E-state index in [-0.39, 0.29) is 38.6 Å². The third kappa shape index (κ3) is 6.45. The van der Waals surface area contributed by atoms with Crippen molar-refractivity contribution >= 4 is 22.2 Å². The van der Waals surface area contributed by atoms with Crippen molar-refractivity contribution in [3.05, 3.63) is 99.6 Å². The average molecular weight is 561 g/mol. The Morgan fingerprint density at radius 3 is 1.05 bits per heavy atom. The molecule has 208 valence electrons. The summed E-state index contributed by atoms with van der Waals surface area (Å²) in [6.07, 6.45) is 0. The molecule has 3 rings (SSSR count). The van der Waals surface area contributed by atoms with E-state index in [1.165, 1.54) is 22.3 Å². The first-order valence-corrected chi connectivity index (χ1v) is 15.5. The maximum atomic E-state index is 13.9. The van der Waals surface area contributed by atoms with Gasteiger partial charge >= 0.3 is 0 Å². The van der Waals surface area contributed by atoms with Gasteiger partial charge in [0.1, 0.15) is 5.16 Å². The minimum absolute atomic E-state index is 0.0666. The Morgan fingerprint density at radius 1 is 0.462 bits per heavy atom. The highest BCUT2D eigenvalue weighted by Gasteiger charge is 2.42. The van der Waals surface area contributed by atoms with E-state index in [1.807, 2.05) is 24.3 Å². The highest BCUT2D eigenvalue weighted by atomic mass is 31.1. The SMILES string of the molecule is CC(C)(C)c1cc(C(C)(C)C)cc(C(P=O)(c2cc(C(C)(C)C)cc(C(C)(C)C)c2)c2ccccc2P=O)c1. The van der Waals surface area contributed by atoms with Crippen LogP contribution in [-0.4, -0.2) is 0 Å². The molecule has 0 spiro atoms. The second kappa shape index (κ2) is 10.7. The number of hydrogen-bond acceptors (Lipinski definition) is 2. The summed E-state index contributed by atoms with van der Waals surface area (Å²) in [5, 5.41) is -0.394. The Kier molecular flexibility index (Phi) is 8.60. The van der Waals surface area contributed by atoms with Crippen LogP contribution in [0.2, 0.25) is 0 Å². The van der Waals surface area contributed by atoms with Gasteiger partial charge in [-0.05, 0) is 66.7 Å². The van der Waals surface area contributed by atoms with Crippen molar-refractivity contribution in [3.63, 3.8) is 0 Å². The van der Waals surface area contributed by atoms with Crippen LogP contribution in [0.5, 0.6) is 0 Å². The van der Waals surface area contributed by atoms with Crippen LogP contribution in [0.4, 0.5) is 0 Å². The van der Waals surface area contributed by atoms with E-state index in [2.05, 4.69) is 119 Å². The predicted octanol–water partition coefficient (Wildman–Crippen LogP) is 10.4. The Labute approximate surface area is 240 Å². The third-order valence-corrected chi connectivity index (χ3v) is 9.31. The van der Waals surface area contributed by atoms with Crippen LogP contribution in [0.1, 0.15) is 122 Å². The van der Waals surface area contributed by atoms with Crippen molar-refractivity contribution in [1.82, 2.24) is 0 Å². The highest BCUT2D eigenvalue weighted by molar-refractivity contribution is 7.34. The molecule has 0 atom stereocenters. The van der Waals surface area contributed by atoms with E-state index < -0.39 is 5.16 Å². The summed E-state index contributed by atoms with van der Waals surface area (Å²) in [6, 6.07) is 21.2. The fourth-order valence-electron chi connectivity index (χ4n) is 4.90. The van der Waals surface area contributed by atoms with Crippen molar-refractivity contribution in [2.75, 3.05) is 0 Å². The summed E-state index contributed by atoms with van der Waals surface area (Å²) in [6.45, 7) is 26.6. The molecule has 3 aromatic carbocycles. The molecule has 0 heterocycles. The van der Waals surface area contributed by atoms with Gasteiger partial charge in [-0.1, -0.05) is 138 Å². The lowest BCUT2D eigenvalue weighted by Gasteiger charge is -2.36. The van der Waals surface area contributed by atoms with Gasteiger partial charge in [-0.25, -0.2) is 0 Å². The van der Waals surface area contributed by atoms with E-state index in [1.54, 1.807) is 0 Å². The van der Waals surface area contributed by atoms with Gasteiger partial charge in [0.25, 0.3) is 0 Å². The standard InChI is InChI=1S/C35H46O2P2/c1-31(2,3)23-17-24(32(4,5)6)20-27(19-23)35(39-37,29-15-13-14-16-30(29)38-36)28-21-25(33(7,8)9)18-26(22-28)34(10,11)12/h13-22H,1-12H3. The zero-order chi connectivity index (χ0) is 29.6. The molecule has 0 radical (unpaired) electrons. The molecule has 0 saturated heterocycles. The molecule has 0 N–H and O–H groups in total. The van der Waals surface area contributed by atoms with E-state index in [4.69, 9.17) is 0 Å².